The Hall–Kier alpha value is -2.37. The van der Waals surface area contributed by atoms with Crippen molar-refractivity contribution >= 4 is 5.97 Å². The van der Waals surface area contributed by atoms with Crippen LogP contribution < -0.4 is 4.74 Å². The van der Waals surface area contributed by atoms with Crippen molar-refractivity contribution in [2.45, 2.75) is 38.5 Å². The van der Waals surface area contributed by atoms with E-state index in [-0.39, 0.29) is 5.92 Å². The lowest BCUT2D eigenvalue weighted by molar-refractivity contribution is 0.0723. The maximum atomic E-state index is 14.4. The van der Waals surface area contributed by atoms with Gasteiger partial charge in [0.1, 0.15) is 34.6 Å². The van der Waals surface area contributed by atoms with Gasteiger partial charge in [-0.15, -0.1) is 0 Å². The molecule has 0 atom stereocenters. The van der Waals surface area contributed by atoms with E-state index in [4.69, 9.17) is 4.74 Å². The molecule has 0 radical (unpaired) electrons. The first-order chi connectivity index (χ1) is 12.3. The van der Waals surface area contributed by atoms with Crippen LogP contribution in [0.15, 0.2) is 30.3 Å². The minimum absolute atomic E-state index is 0.0533. The number of carbonyl (C=O) groups is 1. The molecule has 1 aliphatic carbocycles. The molecule has 2 aromatic carbocycles. The summed E-state index contributed by atoms with van der Waals surface area (Å²) in [5, 5.41) is 0. The van der Waals surface area contributed by atoms with Crippen molar-refractivity contribution in [1.29, 1.82) is 0 Å². The van der Waals surface area contributed by atoms with Gasteiger partial charge in [0.05, 0.1) is 0 Å². The van der Waals surface area contributed by atoms with Gasteiger partial charge in [-0.2, -0.15) is 0 Å². The van der Waals surface area contributed by atoms with E-state index in [0.29, 0.717) is 17.5 Å². The van der Waals surface area contributed by atoms with E-state index < -0.39 is 40.6 Å². The molecular weight excluding hydrogens is 348 g/mol. The summed E-state index contributed by atoms with van der Waals surface area (Å²) in [7, 11) is 0. The van der Waals surface area contributed by atoms with Crippen molar-refractivity contribution in [3.63, 3.8) is 0 Å². The van der Waals surface area contributed by atoms with Gasteiger partial charge in [0, 0.05) is 18.2 Å². The zero-order chi connectivity index (χ0) is 18.8. The molecule has 1 saturated carbocycles. The third-order valence-electron chi connectivity index (χ3n) is 4.80. The highest BCUT2D eigenvalue weighted by Crippen LogP contribution is 2.36. The van der Waals surface area contributed by atoms with Crippen molar-refractivity contribution in [3.05, 3.63) is 64.7 Å². The van der Waals surface area contributed by atoms with Gasteiger partial charge < -0.3 is 4.74 Å². The fourth-order valence-corrected chi connectivity index (χ4v) is 3.36. The van der Waals surface area contributed by atoms with Crippen molar-refractivity contribution in [2.75, 3.05) is 0 Å². The molecule has 6 heteroatoms. The van der Waals surface area contributed by atoms with E-state index in [0.717, 1.165) is 49.9 Å². The second kappa shape index (κ2) is 7.48. The van der Waals surface area contributed by atoms with Crippen LogP contribution >= 0.6 is 0 Å². The summed E-state index contributed by atoms with van der Waals surface area (Å²) < 4.78 is 59.7. The van der Waals surface area contributed by atoms with E-state index in [9.17, 15) is 22.4 Å². The zero-order valence-corrected chi connectivity index (χ0v) is 14.2. The molecule has 2 aromatic rings. The predicted octanol–water partition coefficient (Wildman–Crippen LogP) is 5.76. The fraction of sp³-hybridized carbons (Fsp3) is 0.350. The Morgan fingerprint density at radius 2 is 1.42 bits per heavy atom. The molecule has 0 aliphatic heterocycles. The van der Waals surface area contributed by atoms with Crippen LogP contribution in [-0.2, 0) is 0 Å². The van der Waals surface area contributed by atoms with Crippen LogP contribution in [0.5, 0.6) is 5.75 Å². The standard InChI is InChI=1S/C20H18F4O2/c1-11-2-4-12(5-3-11)13-6-17(23)19(18(24)7-13)20(25)26-16-9-14(21)8-15(22)10-16/h6-12H,2-5H2,1H3. The van der Waals surface area contributed by atoms with Crippen molar-refractivity contribution in [1.82, 2.24) is 0 Å². The van der Waals surface area contributed by atoms with Crippen LogP contribution in [0, 0.1) is 29.2 Å². The van der Waals surface area contributed by atoms with Crippen LogP contribution in [0.4, 0.5) is 17.6 Å². The third kappa shape index (κ3) is 4.06. The zero-order valence-electron chi connectivity index (χ0n) is 14.2. The number of hydrogen-bond donors (Lipinski definition) is 0. The Kier molecular flexibility index (Phi) is 5.30. The van der Waals surface area contributed by atoms with Crippen LogP contribution in [-0.4, -0.2) is 5.97 Å². The smallest absolute Gasteiger partial charge is 0.349 e. The highest BCUT2D eigenvalue weighted by Gasteiger charge is 2.25. The van der Waals surface area contributed by atoms with E-state index in [1.54, 1.807) is 0 Å². The van der Waals surface area contributed by atoms with Gasteiger partial charge in [-0.05, 0) is 42.4 Å². The molecule has 2 nitrogen and oxygen atoms in total. The Morgan fingerprint density at radius 3 is 1.96 bits per heavy atom. The van der Waals surface area contributed by atoms with Crippen LogP contribution in [0.1, 0.15) is 54.4 Å². The summed E-state index contributed by atoms with van der Waals surface area (Å²) in [5.74, 6) is -5.16. The number of halogens is 4. The number of esters is 1. The molecule has 138 valence electrons. The highest BCUT2D eigenvalue weighted by atomic mass is 19.1. The average Bonchev–Trinajstić information content (AvgIpc) is 2.53. The quantitative estimate of drug-likeness (QED) is 0.392. The molecule has 0 bridgehead atoms. The Morgan fingerprint density at radius 1 is 0.885 bits per heavy atom. The Balaban J connectivity index is 1.82. The van der Waals surface area contributed by atoms with Gasteiger partial charge in [0.25, 0.3) is 0 Å². The molecule has 26 heavy (non-hydrogen) atoms. The monoisotopic (exact) mass is 366 g/mol. The summed E-state index contributed by atoms with van der Waals surface area (Å²) in [4.78, 5) is 12.1. The van der Waals surface area contributed by atoms with Crippen molar-refractivity contribution < 1.29 is 27.1 Å². The SMILES string of the molecule is CC1CCC(c2cc(F)c(C(=O)Oc3cc(F)cc(F)c3)c(F)c2)CC1. The minimum Gasteiger partial charge on any atom is -0.423 e. The van der Waals surface area contributed by atoms with Gasteiger partial charge in [-0.1, -0.05) is 19.8 Å². The van der Waals surface area contributed by atoms with E-state index >= 15 is 0 Å². The van der Waals surface area contributed by atoms with Gasteiger partial charge >= 0.3 is 5.97 Å². The van der Waals surface area contributed by atoms with E-state index in [2.05, 4.69) is 6.92 Å². The summed E-state index contributed by atoms with van der Waals surface area (Å²) in [6, 6.07) is 4.40. The summed E-state index contributed by atoms with van der Waals surface area (Å²) in [6.07, 6.45) is 3.66. The van der Waals surface area contributed by atoms with Crippen LogP contribution in [0.2, 0.25) is 0 Å². The maximum absolute atomic E-state index is 14.4. The number of rotatable bonds is 3. The first kappa shape index (κ1) is 18.4. The molecule has 0 N–H and O–H groups in total. The first-order valence-corrected chi connectivity index (χ1v) is 8.50. The maximum Gasteiger partial charge on any atom is 0.349 e. The first-order valence-electron chi connectivity index (χ1n) is 8.50. The second-order valence-electron chi connectivity index (χ2n) is 6.81. The molecule has 1 aliphatic rings. The van der Waals surface area contributed by atoms with Crippen LogP contribution in [0.3, 0.4) is 0 Å². The van der Waals surface area contributed by atoms with Gasteiger partial charge in [-0.3, -0.25) is 0 Å². The topological polar surface area (TPSA) is 26.3 Å². The number of benzene rings is 2. The van der Waals surface area contributed by atoms with Gasteiger partial charge in [0.2, 0.25) is 0 Å². The lowest BCUT2D eigenvalue weighted by atomic mass is 9.79. The van der Waals surface area contributed by atoms with E-state index in [1.807, 2.05) is 0 Å². The molecular formula is C20H18F4O2. The van der Waals surface area contributed by atoms with E-state index in [1.165, 1.54) is 0 Å². The lowest BCUT2D eigenvalue weighted by Gasteiger charge is -2.26. The van der Waals surface area contributed by atoms with Crippen LogP contribution in [0.25, 0.3) is 0 Å². The summed E-state index contributed by atoms with van der Waals surface area (Å²) >= 11 is 0. The number of hydrogen-bond acceptors (Lipinski definition) is 2. The lowest BCUT2D eigenvalue weighted by Crippen LogP contribution is -2.16. The third-order valence-corrected chi connectivity index (χ3v) is 4.80. The Labute approximate surface area is 148 Å². The predicted molar refractivity (Wildman–Crippen MR) is 88.0 cm³/mol. The number of carbonyl (C=O) groups excluding carboxylic acids is 1. The summed E-state index contributed by atoms with van der Waals surface area (Å²) in [5.41, 5.74) is -0.358. The molecule has 1 fully saturated rings. The largest absolute Gasteiger partial charge is 0.423 e. The molecule has 0 saturated heterocycles. The van der Waals surface area contributed by atoms with Gasteiger partial charge in [-0.25, -0.2) is 22.4 Å². The van der Waals surface area contributed by atoms with Gasteiger partial charge in [0.15, 0.2) is 0 Å². The fourth-order valence-electron chi connectivity index (χ4n) is 3.36. The summed E-state index contributed by atoms with van der Waals surface area (Å²) in [6.45, 7) is 2.14. The normalized spacial score (nSPS) is 20.0. The number of ether oxygens (including phenoxy) is 1. The highest BCUT2D eigenvalue weighted by molar-refractivity contribution is 5.91. The second-order valence-corrected chi connectivity index (χ2v) is 6.81. The average molecular weight is 366 g/mol. The molecule has 0 amide bonds. The van der Waals surface area contributed by atoms with Crippen molar-refractivity contribution in [2.24, 2.45) is 5.92 Å². The minimum atomic E-state index is -1.34. The Bertz CT molecular complexity index is 783. The molecule has 0 aromatic heterocycles. The molecule has 0 unspecified atom stereocenters. The molecule has 0 heterocycles. The molecule has 0 spiro atoms. The molecule has 3 rings (SSSR count). The van der Waals surface area contributed by atoms with Crippen molar-refractivity contribution in [3.8, 4) is 5.75 Å².